The summed E-state index contributed by atoms with van der Waals surface area (Å²) < 4.78 is 0. The maximum Gasteiger partial charge on any atom is 0.249 e. The first-order valence-corrected chi connectivity index (χ1v) is 11.6. The number of carbonyl (C=O) groups excluding carboxylic acids is 4. The number of hydrogen-bond donors (Lipinski definition) is 0. The first-order valence-electron chi connectivity index (χ1n) is 11.6. The molecule has 2 aliphatic rings. The Morgan fingerprint density at radius 1 is 0.469 bits per heavy atom. The number of carbonyl (C=O) groups is 4. The molecule has 8 heteroatoms. The average Bonchev–Trinajstić information content (AvgIpc) is 2.71. The number of hydrogen-bond acceptors (Lipinski definition) is 6. The largest absolute Gasteiger partial charge is 0.279 e. The van der Waals surface area contributed by atoms with Crippen molar-refractivity contribution in [2.45, 2.75) is 103 Å². The van der Waals surface area contributed by atoms with Gasteiger partial charge in [0, 0.05) is 13.1 Å². The topological polar surface area (TPSA) is 81.2 Å². The number of rotatable bonds is 7. The zero-order chi connectivity index (χ0) is 24.9. The van der Waals surface area contributed by atoms with Gasteiger partial charge in [-0.25, -0.2) is 0 Å². The molecule has 0 spiro atoms. The second-order valence-electron chi connectivity index (χ2n) is 11.3. The van der Waals surface area contributed by atoms with Crippen LogP contribution in [-0.2, 0) is 19.2 Å². The number of imide groups is 2. The fraction of sp³-hybridized carbons (Fsp3) is 0.833. The molecule has 0 atom stereocenters. The quantitative estimate of drug-likeness (QED) is 0.437. The van der Waals surface area contributed by atoms with Crippen molar-refractivity contribution >= 4 is 23.6 Å². The zero-order valence-electron chi connectivity index (χ0n) is 21.7. The molecule has 0 unspecified atom stereocenters. The highest BCUT2D eigenvalue weighted by Gasteiger charge is 2.54. The Kier molecular flexibility index (Phi) is 7.04. The number of nitrogens with zero attached hydrogens (tertiary/aromatic N) is 4. The molecule has 2 aliphatic heterocycles. The minimum absolute atomic E-state index is 0.164. The molecule has 2 heterocycles. The fourth-order valence-electron chi connectivity index (χ4n) is 4.78. The predicted octanol–water partition coefficient (Wildman–Crippen LogP) is 2.26. The molecule has 0 aliphatic carbocycles. The molecule has 0 saturated carbocycles. The fourth-order valence-corrected chi connectivity index (χ4v) is 4.78. The lowest BCUT2D eigenvalue weighted by Gasteiger charge is -2.52. The third-order valence-electron chi connectivity index (χ3n) is 7.94. The van der Waals surface area contributed by atoms with Gasteiger partial charge in [0.05, 0.1) is 22.2 Å². The molecule has 0 aromatic heterocycles. The third-order valence-corrected chi connectivity index (χ3v) is 7.94. The molecule has 0 bridgehead atoms. The van der Waals surface area contributed by atoms with Gasteiger partial charge in [-0.2, -0.15) is 0 Å². The minimum Gasteiger partial charge on any atom is -0.279 e. The Morgan fingerprint density at radius 2 is 0.688 bits per heavy atom. The van der Waals surface area contributed by atoms with Crippen molar-refractivity contribution in [2.24, 2.45) is 0 Å². The van der Waals surface area contributed by atoms with Crippen LogP contribution in [0.4, 0.5) is 0 Å². The van der Waals surface area contributed by atoms with Gasteiger partial charge < -0.3 is 0 Å². The van der Waals surface area contributed by atoms with Crippen LogP contribution in [0.1, 0.15) is 81.1 Å². The van der Waals surface area contributed by atoms with Crippen LogP contribution in [0.5, 0.6) is 0 Å². The molecule has 32 heavy (non-hydrogen) atoms. The number of likely N-dealkylation sites (N-methyl/N-ethyl adjacent to an activating group) is 2. The van der Waals surface area contributed by atoms with E-state index in [1.807, 2.05) is 79.3 Å². The van der Waals surface area contributed by atoms with Crippen molar-refractivity contribution in [3.63, 3.8) is 0 Å². The van der Waals surface area contributed by atoms with Crippen molar-refractivity contribution in [2.75, 3.05) is 27.2 Å². The van der Waals surface area contributed by atoms with Gasteiger partial charge in [0.15, 0.2) is 0 Å². The zero-order valence-corrected chi connectivity index (χ0v) is 21.7. The summed E-state index contributed by atoms with van der Waals surface area (Å²) in [7, 11) is 3.63. The maximum atomic E-state index is 12.9. The molecule has 0 aromatic rings. The molecule has 4 amide bonds. The molecule has 2 rings (SSSR count). The van der Waals surface area contributed by atoms with Gasteiger partial charge in [0.25, 0.3) is 0 Å². The van der Waals surface area contributed by atoms with Gasteiger partial charge in [-0.1, -0.05) is 12.8 Å². The molecule has 182 valence electrons. The maximum absolute atomic E-state index is 12.9. The van der Waals surface area contributed by atoms with Gasteiger partial charge >= 0.3 is 0 Å². The number of amides is 4. The van der Waals surface area contributed by atoms with Gasteiger partial charge in [0.1, 0.15) is 0 Å². The smallest absolute Gasteiger partial charge is 0.249 e. The first-order chi connectivity index (χ1) is 14.4. The summed E-state index contributed by atoms with van der Waals surface area (Å²) in [5.41, 5.74) is -2.95. The summed E-state index contributed by atoms with van der Waals surface area (Å²) in [5.74, 6) is -0.658. The molecule has 2 saturated heterocycles. The average molecular weight is 451 g/mol. The second-order valence-corrected chi connectivity index (χ2v) is 11.3. The second kappa shape index (κ2) is 8.52. The summed E-state index contributed by atoms with van der Waals surface area (Å²) in [6.45, 7) is 15.6. The lowest BCUT2D eigenvalue weighted by molar-refractivity contribution is -0.173. The molecular weight excluding hydrogens is 408 g/mol. The standard InChI is InChI=1S/C24H42N4O4/c1-21(2)17(29)27(18(30)22(3,4)25(21)9)15-13-11-12-14-16-28-19(31)23(5,6)26(10)24(7,8)20(28)32/h11-16H2,1-10H3. The van der Waals surface area contributed by atoms with Gasteiger partial charge in [-0.05, 0) is 82.3 Å². The third kappa shape index (κ3) is 4.12. The van der Waals surface area contributed by atoms with Crippen molar-refractivity contribution in [3.8, 4) is 0 Å². The molecule has 8 nitrogen and oxygen atoms in total. The van der Waals surface area contributed by atoms with E-state index in [1.54, 1.807) is 0 Å². The predicted molar refractivity (Wildman–Crippen MR) is 124 cm³/mol. The van der Waals surface area contributed by atoms with Crippen LogP contribution in [0.2, 0.25) is 0 Å². The van der Waals surface area contributed by atoms with Crippen molar-refractivity contribution in [1.29, 1.82) is 0 Å². The lowest BCUT2D eigenvalue weighted by Crippen LogP contribution is -2.72. The van der Waals surface area contributed by atoms with Crippen LogP contribution >= 0.6 is 0 Å². The van der Waals surface area contributed by atoms with Crippen LogP contribution < -0.4 is 0 Å². The van der Waals surface area contributed by atoms with E-state index in [0.717, 1.165) is 12.8 Å². The minimum atomic E-state index is -0.737. The highest BCUT2D eigenvalue weighted by molar-refractivity contribution is 6.06. The summed E-state index contributed by atoms with van der Waals surface area (Å²) in [6, 6.07) is 0. The van der Waals surface area contributed by atoms with E-state index < -0.39 is 22.2 Å². The van der Waals surface area contributed by atoms with Crippen LogP contribution in [0.25, 0.3) is 0 Å². The Morgan fingerprint density at radius 3 is 0.906 bits per heavy atom. The van der Waals surface area contributed by atoms with E-state index in [-0.39, 0.29) is 23.6 Å². The van der Waals surface area contributed by atoms with E-state index in [2.05, 4.69) is 0 Å². The van der Waals surface area contributed by atoms with E-state index in [0.29, 0.717) is 25.9 Å². The van der Waals surface area contributed by atoms with E-state index in [4.69, 9.17) is 0 Å². The summed E-state index contributed by atoms with van der Waals surface area (Å²) in [6.07, 6.45) is 3.04. The first kappa shape index (κ1) is 26.5. The molecule has 2 fully saturated rings. The molecule has 0 N–H and O–H groups in total. The van der Waals surface area contributed by atoms with Crippen LogP contribution in [0.15, 0.2) is 0 Å². The number of piperazine rings is 2. The van der Waals surface area contributed by atoms with Crippen molar-refractivity contribution < 1.29 is 19.2 Å². The van der Waals surface area contributed by atoms with Crippen molar-refractivity contribution in [1.82, 2.24) is 19.6 Å². The Balaban J connectivity index is 1.89. The Labute approximate surface area is 193 Å². The SMILES string of the molecule is CN1C(C)(C)C(=O)N(CCCCCCN2C(=O)C(C)(C)N(C)C(C)(C)C2=O)C(=O)C1(C)C. The molecular formula is C24H42N4O4. The van der Waals surface area contributed by atoms with Crippen LogP contribution in [-0.4, -0.2) is 92.6 Å². The highest BCUT2D eigenvalue weighted by atomic mass is 16.2. The van der Waals surface area contributed by atoms with E-state index >= 15 is 0 Å². The Hall–Kier alpha value is -1.80. The summed E-state index contributed by atoms with van der Waals surface area (Å²) in [4.78, 5) is 58.0. The lowest BCUT2D eigenvalue weighted by atomic mass is 9.86. The van der Waals surface area contributed by atoms with Crippen LogP contribution in [0.3, 0.4) is 0 Å². The van der Waals surface area contributed by atoms with Crippen LogP contribution in [0, 0.1) is 0 Å². The highest BCUT2D eigenvalue weighted by Crippen LogP contribution is 2.34. The van der Waals surface area contributed by atoms with E-state index in [9.17, 15) is 19.2 Å². The van der Waals surface area contributed by atoms with Gasteiger partial charge in [0.2, 0.25) is 23.6 Å². The van der Waals surface area contributed by atoms with Gasteiger partial charge in [-0.3, -0.25) is 38.8 Å². The summed E-state index contributed by atoms with van der Waals surface area (Å²) in [5, 5.41) is 0. The summed E-state index contributed by atoms with van der Waals surface area (Å²) >= 11 is 0. The normalized spacial score (nSPS) is 25.6. The monoisotopic (exact) mass is 450 g/mol. The molecule has 0 aromatic carbocycles. The van der Waals surface area contributed by atoms with Gasteiger partial charge in [-0.15, -0.1) is 0 Å². The Bertz CT molecular complexity index is 678. The van der Waals surface area contributed by atoms with Crippen molar-refractivity contribution in [3.05, 3.63) is 0 Å². The molecule has 0 radical (unpaired) electrons. The van der Waals surface area contributed by atoms with E-state index in [1.165, 1.54) is 9.80 Å². The number of unbranched alkanes of at least 4 members (excludes halogenated alkanes) is 3.